The largest absolute Gasteiger partial charge is 0.391 e. The van der Waals surface area contributed by atoms with Crippen molar-refractivity contribution < 1.29 is 9.90 Å². The molecule has 3 heteroatoms. The summed E-state index contributed by atoms with van der Waals surface area (Å²) in [5, 5.41) is 12.2. The second kappa shape index (κ2) is 6.82. The quantitative estimate of drug-likeness (QED) is 0.685. The first-order chi connectivity index (χ1) is 6.43. The van der Waals surface area contributed by atoms with Gasteiger partial charge in [-0.2, -0.15) is 0 Å². The van der Waals surface area contributed by atoms with E-state index in [9.17, 15) is 9.90 Å². The van der Waals surface area contributed by atoms with Gasteiger partial charge in [0.2, 0.25) is 5.91 Å². The summed E-state index contributed by atoms with van der Waals surface area (Å²) in [5.41, 5.74) is 0. The first-order valence-electron chi connectivity index (χ1n) is 5.38. The minimum absolute atomic E-state index is 0.0402. The number of nitrogens with one attached hydrogen (secondary N) is 1. The average Bonchev–Trinajstić information content (AvgIpc) is 2.10. The van der Waals surface area contributed by atoms with Crippen LogP contribution in [0.25, 0.3) is 0 Å². The van der Waals surface area contributed by atoms with Gasteiger partial charge in [0.15, 0.2) is 0 Å². The molecule has 0 aliphatic carbocycles. The zero-order chi connectivity index (χ0) is 11.1. The van der Waals surface area contributed by atoms with E-state index in [1.54, 1.807) is 0 Å². The summed E-state index contributed by atoms with van der Waals surface area (Å²) in [7, 11) is 0. The maximum absolute atomic E-state index is 11.3. The Bertz CT molecular complexity index is 167. The topological polar surface area (TPSA) is 49.3 Å². The lowest BCUT2D eigenvalue weighted by molar-refractivity contribution is -0.121. The van der Waals surface area contributed by atoms with E-state index >= 15 is 0 Å². The molecule has 0 aromatic heterocycles. The van der Waals surface area contributed by atoms with E-state index in [0.29, 0.717) is 18.9 Å². The van der Waals surface area contributed by atoms with Gasteiger partial charge in [-0.25, -0.2) is 0 Å². The summed E-state index contributed by atoms with van der Waals surface area (Å²) >= 11 is 0. The molecule has 3 nitrogen and oxygen atoms in total. The monoisotopic (exact) mass is 201 g/mol. The highest BCUT2D eigenvalue weighted by Gasteiger charge is 2.10. The van der Waals surface area contributed by atoms with E-state index in [0.717, 1.165) is 6.42 Å². The molecule has 1 amide bonds. The summed E-state index contributed by atoms with van der Waals surface area (Å²) in [6.07, 6.45) is 1.03. The van der Waals surface area contributed by atoms with Crippen molar-refractivity contribution >= 4 is 5.91 Å². The Hall–Kier alpha value is -0.570. The van der Waals surface area contributed by atoms with Crippen molar-refractivity contribution in [2.75, 3.05) is 6.54 Å². The highest BCUT2D eigenvalue weighted by Crippen LogP contribution is 2.03. The molecule has 0 rings (SSSR count). The van der Waals surface area contributed by atoms with Crippen LogP contribution >= 0.6 is 0 Å². The number of aliphatic hydroxyl groups is 1. The number of rotatable bonds is 6. The Balaban J connectivity index is 3.54. The van der Waals surface area contributed by atoms with Crippen LogP contribution < -0.4 is 5.32 Å². The van der Waals surface area contributed by atoms with Gasteiger partial charge in [0, 0.05) is 13.0 Å². The molecule has 1 atom stereocenters. The standard InChI is InChI=1S/C11H23NO2/c1-8(2)5-6-11(14)12-7-10(13)9(3)4/h8-10,13H,5-7H2,1-4H3,(H,12,14)/t10-/m1/s1. The predicted molar refractivity (Wildman–Crippen MR) is 57.9 cm³/mol. The molecular weight excluding hydrogens is 178 g/mol. The normalized spacial score (nSPS) is 13.4. The van der Waals surface area contributed by atoms with Gasteiger partial charge in [0.25, 0.3) is 0 Å². The van der Waals surface area contributed by atoms with Crippen LogP contribution in [-0.4, -0.2) is 23.7 Å². The van der Waals surface area contributed by atoms with Crippen molar-refractivity contribution in [3.8, 4) is 0 Å². The molecule has 14 heavy (non-hydrogen) atoms. The summed E-state index contributed by atoms with van der Waals surface area (Å²) in [6.45, 7) is 8.43. The van der Waals surface area contributed by atoms with Crippen molar-refractivity contribution in [3.05, 3.63) is 0 Å². The number of carbonyl (C=O) groups excluding carboxylic acids is 1. The fourth-order valence-electron chi connectivity index (χ4n) is 0.962. The first-order valence-corrected chi connectivity index (χ1v) is 5.38. The molecule has 0 unspecified atom stereocenters. The van der Waals surface area contributed by atoms with Gasteiger partial charge in [-0.15, -0.1) is 0 Å². The summed E-state index contributed by atoms with van der Waals surface area (Å²) < 4.78 is 0. The van der Waals surface area contributed by atoms with E-state index in [1.807, 2.05) is 13.8 Å². The second-order valence-electron chi connectivity index (χ2n) is 4.55. The molecule has 0 aliphatic rings. The SMILES string of the molecule is CC(C)CCC(=O)NC[C@@H](O)C(C)C. The van der Waals surface area contributed by atoms with E-state index in [1.165, 1.54) is 0 Å². The lowest BCUT2D eigenvalue weighted by Crippen LogP contribution is -2.34. The molecule has 0 aliphatic heterocycles. The molecule has 0 saturated carbocycles. The minimum Gasteiger partial charge on any atom is -0.391 e. The fraction of sp³-hybridized carbons (Fsp3) is 0.909. The third-order valence-corrected chi connectivity index (χ3v) is 2.23. The molecule has 0 heterocycles. The first kappa shape index (κ1) is 13.4. The third-order valence-electron chi connectivity index (χ3n) is 2.23. The molecule has 2 N–H and O–H groups in total. The maximum atomic E-state index is 11.3. The average molecular weight is 201 g/mol. The Kier molecular flexibility index (Phi) is 6.54. The molecule has 0 aromatic rings. The van der Waals surface area contributed by atoms with Crippen LogP contribution in [0.1, 0.15) is 40.5 Å². The van der Waals surface area contributed by atoms with E-state index < -0.39 is 6.10 Å². The van der Waals surface area contributed by atoms with Gasteiger partial charge in [-0.1, -0.05) is 27.7 Å². The van der Waals surface area contributed by atoms with E-state index in [4.69, 9.17) is 0 Å². The summed E-state index contributed by atoms with van der Waals surface area (Å²) in [4.78, 5) is 11.3. The lowest BCUT2D eigenvalue weighted by atomic mass is 10.1. The molecule has 0 radical (unpaired) electrons. The van der Waals surface area contributed by atoms with Crippen LogP contribution in [0.3, 0.4) is 0 Å². The summed E-state index contributed by atoms with van der Waals surface area (Å²) in [5.74, 6) is 0.787. The van der Waals surface area contributed by atoms with Gasteiger partial charge in [0.05, 0.1) is 6.10 Å². The molecule has 0 aromatic carbocycles. The van der Waals surface area contributed by atoms with Crippen LogP contribution in [-0.2, 0) is 4.79 Å². The van der Waals surface area contributed by atoms with Gasteiger partial charge in [0.1, 0.15) is 0 Å². The van der Waals surface area contributed by atoms with Crippen LogP contribution in [0.15, 0.2) is 0 Å². The van der Waals surface area contributed by atoms with Crippen LogP contribution in [0.2, 0.25) is 0 Å². The fourth-order valence-corrected chi connectivity index (χ4v) is 0.962. The van der Waals surface area contributed by atoms with Crippen LogP contribution in [0, 0.1) is 11.8 Å². The predicted octanol–water partition coefficient (Wildman–Crippen LogP) is 1.56. The van der Waals surface area contributed by atoms with E-state index in [2.05, 4.69) is 19.2 Å². The van der Waals surface area contributed by atoms with E-state index in [-0.39, 0.29) is 11.8 Å². The van der Waals surface area contributed by atoms with Crippen molar-refractivity contribution in [3.63, 3.8) is 0 Å². The highest BCUT2D eigenvalue weighted by molar-refractivity contribution is 5.75. The Morgan fingerprint density at radius 3 is 2.29 bits per heavy atom. The van der Waals surface area contributed by atoms with Crippen molar-refractivity contribution in [2.24, 2.45) is 11.8 Å². The van der Waals surface area contributed by atoms with Crippen molar-refractivity contribution in [2.45, 2.75) is 46.6 Å². The number of hydrogen-bond acceptors (Lipinski definition) is 2. The highest BCUT2D eigenvalue weighted by atomic mass is 16.3. The second-order valence-corrected chi connectivity index (χ2v) is 4.55. The van der Waals surface area contributed by atoms with Crippen LogP contribution in [0.4, 0.5) is 0 Å². The number of hydrogen-bond donors (Lipinski definition) is 2. The van der Waals surface area contributed by atoms with Gasteiger partial charge in [-0.05, 0) is 18.3 Å². The van der Waals surface area contributed by atoms with Crippen molar-refractivity contribution in [1.29, 1.82) is 0 Å². The maximum Gasteiger partial charge on any atom is 0.220 e. The molecule has 0 bridgehead atoms. The minimum atomic E-state index is -0.432. The Labute approximate surface area is 86.9 Å². The summed E-state index contributed by atoms with van der Waals surface area (Å²) in [6, 6.07) is 0. The molecular formula is C11H23NO2. The number of carbonyl (C=O) groups is 1. The Morgan fingerprint density at radius 2 is 1.86 bits per heavy atom. The van der Waals surface area contributed by atoms with Crippen molar-refractivity contribution in [1.82, 2.24) is 5.32 Å². The zero-order valence-corrected chi connectivity index (χ0v) is 9.71. The van der Waals surface area contributed by atoms with Gasteiger partial charge in [-0.3, -0.25) is 4.79 Å². The molecule has 0 fully saturated rings. The number of aliphatic hydroxyl groups excluding tert-OH is 1. The Morgan fingerprint density at radius 1 is 1.29 bits per heavy atom. The smallest absolute Gasteiger partial charge is 0.220 e. The molecule has 84 valence electrons. The number of amides is 1. The molecule has 0 spiro atoms. The third kappa shape index (κ3) is 6.89. The van der Waals surface area contributed by atoms with Gasteiger partial charge >= 0.3 is 0 Å². The van der Waals surface area contributed by atoms with Gasteiger partial charge < -0.3 is 10.4 Å². The zero-order valence-electron chi connectivity index (χ0n) is 9.71. The lowest BCUT2D eigenvalue weighted by Gasteiger charge is -2.15. The molecule has 0 saturated heterocycles. The van der Waals surface area contributed by atoms with Crippen LogP contribution in [0.5, 0.6) is 0 Å².